The Balaban J connectivity index is 1.48. The number of halogens is 1. The molecule has 0 heterocycles. The lowest BCUT2D eigenvalue weighted by Gasteiger charge is -2.10. The second kappa shape index (κ2) is 14.5. The normalized spacial score (nSPS) is 10.6. The van der Waals surface area contributed by atoms with Crippen LogP contribution in [0.2, 0.25) is 0 Å². The molecule has 0 saturated carbocycles. The highest BCUT2D eigenvalue weighted by atomic mass is 79.9. The van der Waals surface area contributed by atoms with Gasteiger partial charge in [0.25, 0.3) is 11.8 Å². The summed E-state index contributed by atoms with van der Waals surface area (Å²) in [4.78, 5) is 36.8. The van der Waals surface area contributed by atoms with Crippen LogP contribution >= 0.6 is 15.9 Å². The number of hydrogen-bond donors (Lipinski definition) is 2. The molecule has 0 aliphatic rings. The topological polar surface area (TPSA) is 115 Å². The zero-order chi connectivity index (χ0) is 27.3. The summed E-state index contributed by atoms with van der Waals surface area (Å²) in [6, 6.07) is 18.4. The number of ether oxygens (including phenoxy) is 3. The summed E-state index contributed by atoms with van der Waals surface area (Å²) in [6.45, 7) is 2.46. The molecule has 0 aliphatic heterocycles. The molecule has 3 rings (SSSR count). The molecule has 3 aromatic carbocycles. The first-order valence-corrected chi connectivity index (χ1v) is 12.7. The lowest BCUT2D eigenvalue weighted by molar-refractivity contribution is -0.120. The van der Waals surface area contributed by atoms with Gasteiger partial charge in [-0.25, -0.2) is 10.2 Å². The zero-order valence-corrected chi connectivity index (χ0v) is 22.6. The van der Waals surface area contributed by atoms with E-state index in [1.807, 2.05) is 6.07 Å². The highest BCUT2D eigenvalue weighted by Gasteiger charge is 2.13. The Labute approximate surface area is 229 Å². The van der Waals surface area contributed by atoms with Crippen molar-refractivity contribution in [3.8, 4) is 17.2 Å². The molecule has 38 heavy (non-hydrogen) atoms. The van der Waals surface area contributed by atoms with Crippen molar-refractivity contribution in [1.82, 2.24) is 10.7 Å². The first-order valence-electron chi connectivity index (χ1n) is 11.9. The van der Waals surface area contributed by atoms with Crippen molar-refractivity contribution in [2.75, 3.05) is 20.3 Å². The summed E-state index contributed by atoms with van der Waals surface area (Å²) in [7, 11) is 1.45. The van der Waals surface area contributed by atoms with Gasteiger partial charge in [0.2, 0.25) is 0 Å². The van der Waals surface area contributed by atoms with E-state index in [0.29, 0.717) is 34.8 Å². The summed E-state index contributed by atoms with van der Waals surface area (Å²) >= 11 is 3.32. The number of nitrogens with zero attached hydrogens (tertiary/aromatic N) is 1. The van der Waals surface area contributed by atoms with Crippen molar-refractivity contribution < 1.29 is 28.6 Å². The minimum Gasteiger partial charge on any atom is -0.494 e. The second-order valence-corrected chi connectivity index (χ2v) is 8.93. The van der Waals surface area contributed by atoms with Crippen molar-refractivity contribution in [3.63, 3.8) is 0 Å². The van der Waals surface area contributed by atoms with Gasteiger partial charge >= 0.3 is 5.97 Å². The van der Waals surface area contributed by atoms with Gasteiger partial charge in [-0.1, -0.05) is 35.3 Å². The van der Waals surface area contributed by atoms with Gasteiger partial charge in [-0.2, -0.15) is 5.10 Å². The second-order valence-electron chi connectivity index (χ2n) is 8.01. The Kier molecular flexibility index (Phi) is 10.9. The fourth-order valence-electron chi connectivity index (χ4n) is 3.14. The van der Waals surface area contributed by atoms with E-state index in [1.165, 1.54) is 13.3 Å². The number of carbonyl (C=O) groups is 3. The molecular formula is C28H28BrN3O6. The predicted octanol–water partition coefficient (Wildman–Crippen LogP) is 4.74. The van der Waals surface area contributed by atoms with E-state index in [4.69, 9.17) is 14.2 Å². The molecule has 198 valence electrons. The quantitative estimate of drug-likeness (QED) is 0.105. The molecule has 2 amide bonds. The number of esters is 1. The molecule has 9 nitrogen and oxygen atoms in total. The molecule has 10 heteroatoms. The Hall–Kier alpha value is -4.18. The van der Waals surface area contributed by atoms with Crippen LogP contribution in [0.5, 0.6) is 17.2 Å². The molecule has 0 bridgehead atoms. The van der Waals surface area contributed by atoms with Gasteiger partial charge in [0.05, 0.1) is 32.0 Å². The third-order valence-corrected chi connectivity index (χ3v) is 5.64. The van der Waals surface area contributed by atoms with Crippen LogP contribution in [0.25, 0.3) is 0 Å². The van der Waals surface area contributed by atoms with E-state index in [2.05, 4.69) is 38.7 Å². The fourth-order valence-corrected chi connectivity index (χ4v) is 3.54. The van der Waals surface area contributed by atoms with Crippen LogP contribution in [0.15, 0.2) is 76.3 Å². The van der Waals surface area contributed by atoms with Crippen LogP contribution in [0, 0.1) is 0 Å². The molecule has 0 spiro atoms. The Morgan fingerprint density at radius 3 is 2.47 bits per heavy atom. The Morgan fingerprint density at radius 2 is 1.76 bits per heavy atom. The standard InChI is InChI=1S/C28H28BrN3O6/c1-3-4-14-37-23-11-9-20(10-12-23)27(34)30-18-26(33)32-31-17-19-8-13-24(25(15-19)36-2)38-28(35)21-6-5-7-22(29)16-21/h5-13,15-17H,3-4,14,18H2,1-2H3,(H,30,34)(H,32,33)/b31-17+. The van der Waals surface area contributed by atoms with Crippen LogP contribution in [0.1, 0.15) is 46.0 Å². The third-order valence-electron chi connectivity index (χ3n) is 5.15. The maximum atomic E-state index is 12.4. The molecule has 0 unspecified atom stereocenters. The SMILES string of the molecule is CCCCOc1ccc(C(=O)NCC(=O)N/N=C/c2ccc(OC(=O)c3cccc(Br)c3)c(OC)c2)cc1. The van der Waals surface area contributed by atoms with Crippen molar-refractivity contribution in [2.24, 2.45) is 5.10 Å². The maximum absolute atomic E-state index is 12.4. The van der Waals surface area contributed by atoms with Gasteiger partial charge in [0.1, 0.15) is 5.75 Å². The molecule has 0 radical (unpaired) electrons. The number of methoxy groups -OCH3 is 1. The molecule has 3 aromatic rings. The first-order chi connectivity index (χ1) is 18.4. The molecule has 0 atom stereocenters. The van der Waals surface area contributed by atoms with Crippen LogP contribution in [0.4, 0.5) is 0 Å². The number of hydrogen-bond acceptors (Lipinski definition) is 7. The third kappa shape index (κ3) is 8.74. The summed E-state index contributed by atoms with van der Waals surface area (Å²) in [5, 5.41) is 6.44. The number of rotatable bonds is 12. The molecule has 0 fully saturated rings. The largest absolute Gasteiger partial charge is 0.494 e. The average molecular weight is 582 g/mol. The lowest BCUT2D eigenvalue weighted by Crippen LogP contribution is -2.34. The number of benzene rings is 3. The average Bonchev–Trinajstić information content (AvgIpc) is 2.93. The molecule has 0 aromatic heterocycles. The summed E-state index contributed by atoms with van der Waals surface area (Å²) in [5.74, 6) is -0.173. The highest BCUT2D eigenvalue weighted by molar-refractivity contribution is 9.10. The van der Waals surface area contributed by atoms with Crippen molar-refractivity contribution in [3.05, 3.63) is 87.9 Å². The molecule has 2 N–H and O–H groups in total. The zero-order valence-electron chi connectivity index (χ0n) is 21.0. The van der Waals surface area contributed by atoms with Crippen LogP contribution < -0.4 is 25.0 Å². The first kappa shape index (κ1) is 28.4. The molecular weight excluding hydrogens is 554 g/mol. The van der Waals surface area contributed by atoms with Crippen LogP contribution in [-0.4, -0.2) is 44.3 Å². The van der Waals surface area contributed by atoms with Gasteiger partial charge in [-0.05, 0) is 72.6 Å². The van der Waals surface area contributed by atoms with E-state index in [-0.39, 0.29) is 18.2 Å². The van der Waals surface area contributed by atoms with Gasteiger partial charge in [0, 0.05) is 10.0 Å². The number of nitrogens with one attached hydrogen (secondary N) is 2. The van der Waals surface area contributed by atoms with Crippen LogP contribution in [0.3, 0.4) is 0 Å². The van der Waals surface area contributed by atoms with E-state index < -0.39 is 11.9 Å². The summed E-state index contributed by atoms with van der Waals surface area (Å²) in [6.07, 6.45) is 3.40. The number of hydrazone groups is 1. The highest BCUT2D eigenvalue weighted by Crippen LogP contribution is 2.28. The van der Waals surface area contributed by atoms with Crippen LogP contribution in [-0.2, 0) is 4.79 Å². The summed E-state index contributed by atoms with van der Waals surface area (Å²) in [5.41, 5.74) is 3.74. The van der Waals surface area contributed by atoms with Gasteiger partial charge in [-0.15, -0.1) is 0 Å². The minimum absolute atomic E-state index is 0.238. The Morgan fingerprint density at radius 1 is 0.974 bits per heavy atom. The summed E-state index contributed by atoms with van der Waals surface area (Å²) < 4.78 is 17.1. The van der Waals surface area contributed by atoms with Crippen molar-refractivity contribution in [1.29, 1.82) is 0 Å². The molecule has 0 aliphatic carbocycles. The van der Waals surface area contributed by atoms with E-state index >= 15 is 0 Å². The predicted molar refractivity (Wildman–Crippen MR) is 147 cm³/mol. The maximum Gasteiger partial charge on any atom is 0.343 e. The lowest BCUT2D eigenvalue weighted by atomic mass is 10.2. The smallest absolute Gasteiger partial charge is 0.343 e. The minimum atomic E-state index is -0.531. The van der Waals surface area contributed by atoms with Gasteiger partial charge < -0.3 is 19.5 Å². The van der Waals surface area contributed by atoms with Crippen molar-refractivity contribution >= 4 is 39.9 Å². The number of amides is 2. The van der Waals surface area contributed by atoms with Gasteiger partial charge in [-0.3, -0.25) is 9.59 Å². The Bertz CT molecular complexity index is 1290. The molecule has 0 saturated heterocycles. The monoisotopic (exact) mass is 581 g/mol. The number of carbonyl (C=O) groups excluding carboxylic acids is 3. The van der Waals surface area contributed by atoms with Gasteiger partial charge in [0.15, 0.2) is 11.5 Å². The van der Waals surface area contributed by atoms with E-state index in [1.54, 1.807) is 60.7 Å². The fraction of sp³-hybridized carbons (Fsp3) is 0.214. The number of unbranched alkanes of at least 4 members (excludes halogenated alkanes) is 1. The van der Waals surface area contributed by atoms with E-state index in [9.17, 15) is 14.4 Å². The van der Waals surface area contributed by atoms with Crippen molar-refractivity contribution in [2.45, 2.75) is 19.8 Å². The van der Waals surface area contributed by atoms with E-state index in [0.717, 1.165) is 17.3 Å².